The minimum absolute atomic E-state index is 0. The molecule has 0 unspecified atom stereocenters. The van der Waals surface area contributed by atoms with Crippen LogP contribution in [0.1, 0.15) is 41.9 Å². The number of nitrogens with one attached hydrogen (secondary N) is 1. The first-order chi connectivity index (χ1) is 12.6. The molecular formula is C19H24Cl2N6O. The topological polar surface area (TPSA) is 98.7 Å². The molecule has 3 aromatic rings. The summed E-state index contributed by atoms with van der Waals surface area (Å²) in [6, 6.07) is 10.2. The van der Waals surface area contributed by atoms with Gasteiger partial charge in [0.25, 0.3) is 5.91 Å². The third-order valence-corrected chi connectivity index (χ3v) is 5.06. The minimum atomic E-state index is -0.178. The number of nitrogens with zero attached hydrogens (tertiary/aromatic N) is 4. The molecule has 7 nitrogen and oxygen atoms in total. The molecule has 1 aromatic carbocycles. The number of carbonyl (C=O) groups excluding carboxylic acids is 1. The third kappa shape index (κ3) is 4.27. The molecule has 1 aliphatic carbocycles. The van der Waals surface area contributed by atoms with Crippen molar-refractivity contribution < 1.29 is 4.79 Å². The van der Waals surface area contributed by atoms with Gasteiger partial charge in [0.2, 0.25) is 0 Å². The van der Waals surface area contributed by atoms with Crippen molar-refractivity contribution in [3.8, 4) is 5.69 Å². The molecule has 3 N–H and O–H groups in total. The highest BCUT2D eigenvalue weighted by Gasteiger charge is 2.24. The fraction of sp³-hybridized carbons (Fsp3) is 0.368. The second kappa shape index (κ2) is 9.32. The maximum absolute atomic E-state index is 12.6. The summed E-state index contributed by atoms with van der Waals surface area (Å²) >= 11 is 0. The van der Waals surface area contributed by atoms with Crippen molar-refractivity contribution in [3.63, 3.8) is 0 Å². The zero-order valence-electron chi connectivity index (χ0n) is 15.5. The first-order valence-corrected chi connectivity index (χ1v) is 8.96. The minimum Gasteiger partial charge on any atom is -0.348 e. The standard InChI is InChI=1S/C19H22N6O.2ClH/c1-12-17(19(26)22-15-9-7-14(20)8-10-15)23-24-25(12)16-6-2-4-13-5-3-11-21-18(13)16;;/h2-6,11,14-15H,7-10,20H2,1H3,(H,22,26);2*1H. The number of para-hydroxylation sites is 1. The van der Waals surface area contributed by atoms with E-state index < -0.39 is 0 Å². The van der Waals surface area contributed by atoms with E-state index in [1.54, 1.807) is 10.9 Å². The lowest BCUT2D eigenvalue weighted by Crippen LogP contribution is -2.40. The Hall–Kier alpha value is -2.22. The molecule has 0 aliphatic heterocycles. The maximum atomic E-state index is 12.6. The van der Waals surface area contributed by atoms with Crippen LogP contribution >= 0.6 is 24.8 Å². The number of aromatic nitrogens is 4. The van der Waals surface area contributed by atoms with Gasteiger partial charge in [-0.3, -0.25) is 9.78 Å². The maximum Gasteiger partial charge on any atom is 0.273 e. The van der Waals surface area contributed by atoms with Crippen LogP contribution in [0, 0.1) is 6.92 Å². The number of pyridine rings is 1. The molecule has 1 saturated carbocycles. The quantitative estimate of drug-likeness (QED) is 0.675. The van der Waals surface area contributed by atoms with Crippen LogP contribution in [0.5, 0.6) is 0 Å². The highest BCUT2D eigenvalue weighted by atomic mass is 35.5. The van der Waals surface area contributed by atoms with Gasteiger partial charge in [-0.25, -0.2) is 4.68 Å². The lowest BCUT2D eigenvalue weighted by atomic mass is 9.92. The summed E-state index contributed by atoms with van der Waals surface area (Å²) in [7, 11) is 0. The molecule has 9 heteroatoms. The zero-order chi connectivity index (χ0) is 18.1. The van der Waals surface area contributed by atoms with Gasteiger partial charge in [-0.2, -0.15) is 0 Å². The first kappa shape index (κ1) is 22.1. The highest BCUT2D eigenvalue weighted by molar-refractivity contribution is 5.94. The molecule has 2 heterocycles. The molecule has 0 saturated heterocycles. The number of benzene rings is 1. The predicted molar refractivity (Wildman–Crippen MR) is 114 cm³/mol. The average molecular weight is 423 g/mol. The lowest BCUT2D eigenvalue weighted by Gasteiger charge is -2.26. The van der Waals surface area contributed by atoms with E-state index in [0.29, 0.717) is 11.4 Å². The number of amides is 1. The Morgan fingerprint density at radius 2 is 1.86 bits per heavy atom. The Morgan fingerprint density at radius 3 is 2.61 bits per heavy atom. The largest absolute Gasteiger partial charge is 0.348 e. The molecule has 0 atom stereocenters. The lowest BCUT2D eigenvalue weighted by molar-refractivity contribution is 0.0920. The molecule has 150 valence electrons. The fourth-order valence-electron chi connectivity index (χ4n) is 3.54. The van der Waals surface area contributed by atoms with Gasteiger partial charge in [0.05, 0.1) is 16.9 Å². The third-order valence-electron chi connectivity index (χ3n) is 5.06. The van der Waals surface area contributed by atoms with Crippen LogP contribution in [0.2, 0.25) is 0 Å². The summed E-state index contributed by atoms with van der Waals surface area (Å²) in [5, 5.41) is 12.4. The molecule has 1 aliphatic rings. The Kier molecular flexibility index (Phi) is 7.35. The fourth-order valence-corrected chi connectivity index (χ4v) is 3.54. The van der Waals surface area contributed by atoms with Gasteiger partial charge in [0.15, 0.2) is 5.69 Å². The van der Waals surface area contributed by atoms with Crippen LogP contribution in [-0.2, 0) is 0 Å². The predicted octanol–water partition coefficient (Wildman–Crippen LogP) is 2.97. The monoisotopic (exact) mass is 422 g/mol. The van der Waals surface area contributed by atoms with Gasteiger partial charge in [0.1, 0.15) is 0 Å². The summed E-state index contributed by atoms with van der Waals surface area (Å²) in [5.74, 6) is -0.178. The first-order valence-electron chi connectivity index (χ1n) is 8.96. The van der Waals surface area contributed by atoms with Gasteiger partial charge in [0, 0.05) is 23.7 Å². The smallest absolute Gasteiger partial charge is 0.273 e. The Bertz CT molecular complexity index is 947. The molecular weight excluding hydrogens is 399 g/mol. The van der Waals surface area contributed by atoms with Gasteiger partial charge in [-0.1, -0.05) is 23.4 Å². The van der Waals surface area contributed by atoms with Crippen molar-refractivity contribution in [3.05, 3.63) is 47.9 Å². The number of carbonyl (C=O) groups is 1. The number of rotatable bonds is 3. The van der Waals surface area contributed by atoms with E-state index in [1.165, 1.54) is 0 Å². The molecule has 1 amide bonds. The van der Waals surface area contributed by atoms with E-state index in [1.807, 2.05) is 37.3 Å². The zero-order valence-corrected chi connectivity index (χ0v) is 17.2. The highest BCUT2D eigenvalue weighted by Crippen LogP contribution is 2.22. The van der Waals surface area contributed by atoms with Crippen molar-refractivity contribution in [2.45, 2.75) is 44.7 Å². The van der Waals surface area contributed by atoms with Crippen molar-refractivity contribution in [1.82, 2.24) is 25.3 Å². The van der Waals surface area contributed by atoms with Crippen LogP contribution in [0.25, 0.3) is 16.6 Å². The normalized spacial score (nSPS) is 18.8. The van der Waals surface area contributed by atoms with Crippen LogP contribution in [0.15, 0.2) is 36.5 Å². The van der Waals surface area contributed by atoms with Gasteiger partial charge in [-0.15, -0.1) is 29.9 Å². The second-order valence-electron chi connectivity index (χ2n) is 6.87. The van der Waals surface area contributed by atoms with Gasteiger partial charge < -0.3 is 11.1 Å². The average Bonchev–Trinajstić information content (AvgIpc) is 3.04. The van der Waals surface area contributed by atoms with E-state index in [0.717, 1.165) is 42.3 Å². The summed E-state index contributed by atoms with van der Waals surface area (Å²) in [4.78, 5) is 17.1. The SMILES string of the molecule is Cc1c(C(=O)NC2CCC(N)CC2)nnn1-c1cccc2cccnc12.Cl.Cl. The van der Waals surface area contributed by atoms with E-state index in [9.17, 15) is 4.79 Å². The molecule has 1 fully saturated rings. The molecule has 0 radical (unpaired) electrons. The molecule has 28 heavy (non-hydrogen) atoms. The van der Waals surface area contributed by atoms with Crippen molar-refractivity contribution >= 4 is 41.6 Å². The molecule has 4 rings (SSSR count). The number of fused-ring (bicyclic) bond motifs is 1. The van der Waals surface area contributed by atoms with E-state index in [-0.39, 0.29) is 42.8 Å². The second-order valence-corrected chi connectivity index (χ2v) is 6.87. The number of hydrogen-bond acceptors (Lipinski definition) is 5. The van der Waals surface area contributed by atoms with Crippen molar-refractivity contribution in [1.29, 1.82) is 0 Å². The van der Waals surface area contributed by atoms with Gasteiger partial charge >= 0.3 is 0 Å². The summed E-state index contributed by atoms with van der Waals surface area (Å²) in [6.07, 6.45) is 5.46. The van der Waals surface area contributed by atoms with Crippen LogP contribution in [0.3, 0.4) is 0 Å². The van der Waals surface area contributed by atoms with Crippen LogP contribution < -0.4 is 11.1 Å². The van der Waals surface area contributed by atoms with E-state index >= 15 is 0 Å². The Labute approximate surface area is 175 Å². The molecule has 2 aromatic heterocycles. The Balaban J connectivity index is 0.00000140. The van der Waals surface area contributed by atoms with Crippen molar-refractivity contribution in [2.75, 3.05) is 0 Å². The van der Waals surface area contributed by atoms with Crippen LogP contribution in [0.4, 0.5) is 0 Å². The van der Waals surface area contributed by atoms with Crippen LogP contribution in [-0.4, -0.2) is 38.0 Å². The van der Waals surface area contributed by atoms with E-state index in [4.69, 9.17) is 5.73 Å². The molecule has 0 bridgehead atoms. The summed E-state index contributed by atoms with van der Waals surface area (Å²) in [6.45, 7) is 1.85. The van der Waals surface area contributed by atoms with Gasteiger partial charge in [-0.05, 0) is 44.7 Å². The number of hydrogen-bond donors (Lipinski definition) is 2. The van der Waals surface area contributed by atoms with Crippen molar-refractivity contribution in [2.24, 2.45) is 5.73 Å². The number of nitrogens with two attached hydrogens (primary N) is 1. The Morgan fingerprint density at radius 1 is 1.14 bits per heavy atom. The molecule has 0 spiro atoms. The summed E-state index contributed by atoms with van der Waals surface area (Å²) < 4.78 is 1.68. The van der Waals surface area contributed by atoms with E-state index in [2.05, 4.69) is 20.6 Å². The summed E-state index contributed by atoms with van der Waals surface area (Å²) in [5.41, 5.74) is 8.63. The number of halogens is 2.